The molecule has 0 radical (unpaired) electrons. The molecule has 66 valence electrons. The van der Waals surface area contributed by atoms with E-state index in [0.717, 1.165) is 28.4 Å². The fourth-order valence-electron chi connectivity index (χ4n) is 1.64. The Labute approximate surface area is 76.2 Å². The molecule has 0 atom stereocenters. The van der Waals surface area contributed by atoms with E-state index in [9.17, 15) is 4.79 Å². The first-order chi connectivity index (χ1) is 6.24. The molecule has 0 fully saturated rings. The summed E-state index contributed by atoms with van der Waals surface area (Å²) >= 11 is 0. The van der Waals surface area contributed by atoms with Crippen molar-refractivity contribution in [2.75, 3.05) is 0 Å². The highest BCUT2D eigenvalue weighted by Gasteiger charge is 2.10. The third kappa shape index (κ3) is 1.06. The van der Waals surface area contributed by atoms with Crippen LogP contribution in [0.1, 0.15) is 21.7 Å². The predicted molar refractivity (Wildman–Crippen MR) is 51.1 cm³/mol. The number of rotatable bonds is 1. The maximum absolute atomic E-state index is 10.6. The molecule has 0 aliphatic carbocycles. The molecule has 1 aromatic carbocycles. The van der Waals surface area contributed by atoms with Gasteiger partial charge in [0.05, 0.1) is 0 Å². The van der Waals surface area contributed by atoms with Crippen LogP contribution in [0.15, 0.2) is 22.6 Å². The Morgan fingerprint density at radius 3 is 2.69 bits per heavy atom. The Hall–Kier alpha value is -1.57. The lowest BCUT2D eigenvalue weighted by Gasteiger charge is -1.93. The highest BCUT2D eigenvalue weighted by molar-refractivity contribution is 5.91. The molecular weight excluding hydrogens is 164 g/mol. The third-order valence-corrected chi connectivity index (χ3v) is 2.31. The van der Waals surface area contributed by atoms with E-state index in [0.29, 0.717) is 5.76 Å². The summed E-state index contributed by atoms with van der Waals surface area (Å²) in [5, 5.41) is 1.06. The molecule has 0 saturated carbocycles. The van der Waals surface area contributed by atoms with Gasteiger partial charge in [0, 0.05) is 10.9 Å². The van der Waals surface area contributed by atoms with Crippen LogP contribution in [-0.2, 0) is 0 Å². The predicted octanol–water partition coefficient (Wildman–Crippen LogP) is 2.86. The van der Waals surface area contributed by atoms with Gasteiger partial charge in [0.2, 0.25) is 0 Å². The van der Waals surface area contributed by atoms with E-state index < -0.39 is 0 Å². The lowest BCUT2D eigenvalue weighted by atomic mass is 10.1. The van der Waals surface area contributed by atoms with Crippen LogP contribution in [0.2, 0.25) is 0 Å². The van der Waals surface area contributed by atoms with Gasteiger partial charge in [-0.15, -0.1) is 0 Å². The normalized spacial score (nSPS) is 10.6. The van der Waals surface area contributed by atoms with Gasteiger partial charge in [-0.2, -0.15) is 0 Å². The molecule has 2 aromatic rings. The Morgan fingerprint density at radius 2 is 2.08 bits per heavy atom. The SMILES string of the molecule is Cc1cccc2oc(C=O)c(C)c12. The van der Waals surface area contributed by atoms with Crippen molar-refractivity contribution >= 4 is 17.3 Å². The number of hydrogen-bond acceptors (Lipinski definition) is 2. The monoisotopic (exact) mass is 174 g/mol. The Morgan fingerprint density at radius 1 is 1.31 bits per heavy atom. The molecule has 0 unspecified atom stereocenters. The summed E-state index contributed by atoms with van der Waals surface area (Å²) in [4.78, 5) is 10.6. The van der Waals surface area contributed by atoms with Gasteiger partial charge in [-0.3, -0.25) is 4.79 Å². The molecule has 0 aliphatic rings. The Balaban J connectivity index is 2.92. The molecule has 0 spiro atoms. The van der Waals surface area contributed by atoms with E-state index in [1.807, 2.05) is 32.0 Å². The number of aryl methyl sites for hydroxylation is 2. The van der Waals surface area contributed by atoms with Crippen molar-refractivity contribution in [2.45, 2.75) is 13.8 Å². The summed E-state index contributed by atoms with van der Waals surface area (Å²) in [5.41, 5.74) is 2.87. The van der Waals surface area contributed by atoms with Crippen molar-refractivity contribution in [2.24, 2.45) is 0 Å². The van der Waals surface area contributed by atoms with Crippen LogP contribution in [0, 0.1) is 13.8 Å². The van der Waals surface area contributed by atoms with Gasteiger partial charge in [0.15, 0.2) is 12.0 Å². The number of carbonyl (C=O) groups excluding carboxylic acids is 1. The lowest BCUT2D eigenvalue weighted by molar-refractivity contribution is 0.110. The standard InChI is InChI=1S/C11H10O2/c1-7-4-3-5-9-11(7)8(2)10(6-12)13-9/h3-6H,1-2H3. The Kier molecular flexibility index (Phi) is 1.69. The summed E-state index contributed by atoms with van der Waals surface area (Å²) in [6.45, 7) is 3.92. The zero-order valence-electron chi connectivity index (χ0n) is 7.63. The largest absolute Gasteiger partial charge is 0.453 e. The summed E-state index contributed by atoms with van der Waals surface area (Å²) in [7, 11) is 0. The van der Waals surface area contributed by atoms with Gasteiger partial charge in [-0.1, -0.05) is 12.1 Å². The van der Waals surface area contributed by atoms with E-state index in [1.165, 1.54) is 0 Å². The minimum absolute atomic E-state index is 0.435. The van der Waals surface area contributed by atoms with E-state index in [-0.39, 0.29) is 0 Å². The number of carbonyl (C=O) groups is 1. The second-order valence-electron chi connectivity index (χ2n) is 3.16. The average Bonchev–Trinajstić information content (AvgIpc) is 2.44. The van der Waals surface area contributed by atoms with Crippen LogP contribution >= 0.6 is 0 Å². The zero-order chi connectivity index (χ0) is 9.42. The number of benzene rings is 1. The van der Waals surface area contributed by atoms with Crippen molar-refractivity contribution in [3.63, 3.8) is 0 Å². The molecular formula is C11H10O2. The number of fused-ring (bicyclic) bond motifs is 1. The fraction of sp³-hybridized carbons (Fsp3) is 0.182. The third-order valence-electron chi connectivity index (χ3n) is 2.31. The average molecular weight is 174 g/mol. The van der Waals surface area contributed by atoms with E-state index >= 15 is 0 Å². The quantitative estimate of drug-likeness (QED) is 0.622. The van der Waals surface area contributed by atoms with Crippen molar-refractivity contribution in [1.82, 2.24) is 0 Å². The molecule has 13 heavy (non-hydrogen) atoms. The topological polar surface area (TPSA) is 30.2 Å². The van der Waals surface area contributed by atoms with Gasteiger partial charge in [0.1, 0.15) is 5.58 Å². The molecule has 2 nitrogen and oxygen atoms in total. The van der Waals surface area contributed by atoms with Crippen molar-refractivity contribution in [3.8, 4) is 0 Å². The fourth-order valence-corrected chi connectivity index (χ4v) is 1.64. The van der Waals surface area contributed by atoms with E-state index in [2.05, 4.69) is 0 Å². The molecule has 2 heteroatoms. The molecule has 0 N–H and O–H groups in total. The lowest BCUT2D eigenvalue weighted by Crippen LogP contribution is -1.79. The van der Waals surface area contributed by atoms with Crippen molar-refractivity contribution in [3.05, 3.63) is 35.1 Å². The van der Waals surface area contributed by atoms with E-state index in [4.69, 9.17) is 4.42 Å². The van der Waals surface area contributed by atoms with E-state index in [1.54, 1.807) is 0 Å². The summed E-state index contributed by atoms with van der Waals surface area (Å²) in [6, 6.07) is 5.82. The second-order valence-corrected chi connectivity index (χ2v) is 3.16. The molecule has 1 heterocycles. The van der Waals surface area contributed by atoms with Crippen LogP contribution in [0.5, 0.6) is 0 Å². The zero-order valence-corrected chi connectivity index (χ0v) is 7.63. The summed E-state index contributed by atoms with van der Waals surface area (Å²) in [6.07, 6.45) is 0.759. The molecule has 0 aliphatic heterocycles. The minimum atomic E-state index is 0.435. The first-order valence-corrected chi connectivity index (χ1v) is 4.18. The highest BCUT2D eigenvalue weighted by atomic mass is 16.3. The van der Waals surface area contributed by atoms with Gasteiger partial charge in [-0.05, 0) is 25.5 Å². The van der Waals surface area contributed by atoms with Gasteiger partial charge in [-0.25, -0.2) is 0 Å². The maximum atomic E-state index is 10.6. The second kappa shape index (κ2) is 2.73. The van der Waals surface area contributed by atoms with Gasteiger partial charge >= 0.3 is 0 Å². The van der Waals surface area contributed by atoms with Crippen LogP contribution in [0.25, 0.3) is 11.0 Å². The smallest absolute Gasteiger partial charge is 0.185 e. The highest BCUT2D eigenvalue weighted by Crippen LogP contribution is 2.26. The van der Waals surface area contributed by atoms with Crippen molar-refractivity contribution in [1.29, 1.82) is 0 Å². The summed E-state index contributed by atoms with van der Waals surface area (Å²) < 4.78 is 5.36. The first-order valence-electron chi connectivity index (χ1n) is 4.18. The minimum Gasteiger partial charge on any atom is -0.453 e. The van der Waals surface area contributed by atoms with Gasteiger partial charge < -0.3 is 4.42 Å². The number of hydrogen-bond donors (Lipinski definition) is 0. The Bertz CT molecular complexity index is 466. The van der Waals surface area contributed by atoms with Crippen LogP contribution in [0.3, 0.4) is 0 Å². The first kappa shape index (κ1) is 8.05. The maximum Gasteiger partial charge on any atom is 0.185 e. The van der Waals surface area contributed by atoms with Crippen LogP contribution < -0.4 is 0 Å². The molecule has 0 amide bonds. The molecule has 0 bridgehead atoms. The van der Waals surface area contributed by atoms with Crippen LogP contribution in [0.4, 0.5) is 0 Å². The summed E-state index contributed by atoms with van der Waals surface area (Å²) in [5.74, 6) is 0.435. The molecule has 2 rings (SSSR count). The number of furan rings is 1. The number of aldehydes is 1. The van der Waals surface area contributed by atoms with Crippen molar-refractivity contribution < 1.29 is 9.21 Å². The molecule has 1 aromatic heterocycles. The molecule has 0 saturated heterocycles. The van der Waals surface area contributed by atoms with Crippen LogP contribution in [-0.4, -0.2) is 6.29 Å². The van der Waals surface area contributed by atoms with Gasteiger partial charge in [0.25, 0.3) is 0 Å².